The highest BCUT2D eigenvalue weighted by Gasteiger charge is 2.37. The number of rotatable bonds is 3. The van der Waals surface area contributed by atoms with Crippen molar-refractivity contribution in [3.8, 4) is 5.75 Å². The van der Waals surface area contributed by atoms with E-state index in [0.29, 0.717) is 11.0 Å². The van der Waals surface area contributed by atoms with E-state index in [4.69, 9.17) is 9.15 Å². The number of carbonyl (C=O) groups excluding carboxylic acids is 3. The van der Waals surface area contributed by atoms with Crippen molar-refractivity contribution in [3.05, 3.63) is 74.6 Å². The molecule has 0 spiro atoms. The van der Waals surface area contributed by atoms with Gasteiger partial charge in [-0.1, -0.05) is 24.3 Å². The molecule has 1 aromatic heterocycles. The maximum absolute atomic E-state index is 12.3. The summed E-state index contributed by atoms with van der Waals surface area (Å²) in [6.07, 6.45) is 0. The van der Waals surface area contributed by atoms with Crippen LogP contribution in [0.15, 0.2) is 62.2 Å². The molecule has 2 aromatic carbocycles. The van der Waals surface area contributed by atoms with Crippen molar-refractivity contribution < 1.29 is 23.5 Å². The Morgan fingerprint density at radius 3 is 2.22 bits per heavy atom. The van der Waals surface area contributed by atoms with E-state index in [-0.39, 0.29) is 21.3 Å². The molecular formula is C19H10BrNO6. The number of carbonyl (C=O) groups is 3. The van der Waals surface area contributed by atoms with Gasteiger partial charge in [-0.3, -0.25) is 14.5 Å². The summed E-state index contributed by atoms with van der Waals surface area (Å²) < 4.78 is 10.5. The fourth-order valence-corrected chi connectivity index (χ4v) is 3.41. The first-order valence-corrected chi connectivity index (χ1v) is 8.64. The smallest absolute Gasteiger partial charge is 0.381 e. The minimum absolute atomic E-state index is 0.224. The van der Waals surface area contributed by atoms with Crippen molar-refractivity contribution in [1.29, 1.82) is 0 Å². The lowest BCUT2D eigenvalue weighted by Gasteiger charge is -2.13. The predicted molar refractivity (Wildman–Crippen MR) is 97.6 cm³/mol. The van der Waals surface area contributed by atoms with Crippen molar-refractivity contribution in [2.24, 2.45) is 0 Å². The third-order valence-electron chi connectivity index (χ3n) is 4.09. The van der Waals surface area contributed by atoms with Crippen LogP contribution in [-0.4, -0.2) is 29.2 Å². The molecular weight excluding hydrogens is 418 g/mol. The summed E-state index contributed by atoms with van der Waals surface area (Å²) in [6.45, 7) is -0.620. The Hall–Kier alpha value is -3.26. The number of amides is 2. The van der Waals surface area contributed by atoms with Gasteiger partial charge < -0.3 is 9.15 Å². The molecule has 0 radical (unpaired) electrons. The van der Waals surface area contributed by atoms with Crippen molar-refractivity contribution in [1.82, 2.24) is 4.90 Å². The topological polar surface area (TPSA) is 93.9 Å². The summed E-state index contributed by atoms with van der Waals surface area (Å²) in [5, 5.41) is 0.542. The summed E-state index contributed by atoms with van der Waals surface area (Å²) in [6, 6.07) is 13.0. The third kappa shape index (κ3) is 2.83. The molecule has 0 unspecified atom stereocenters. The van der Waals surface area contributed by atoms with E-state index >= 15 is 0 Å². The number of hydrogen-bond acceptors (Lipinski definition) is 6. The summed E-state index contributed by atoms with van der Waals surface area (Å²) in [5.74, 6) is -2.45. The molecule has 1 aliphatic heterocycles. The fraction of sp³-hybridized carbons (Fsp3) is 0.0526. The SMILES string of the molecule is O=C(CN1C(=O)c2ccccc2C1=O)Oc1c(Br)c2ccccc2oc1=O. The number of fused-ring (bicyclic) bond motifs is 2. The molecule has 134 valence electrons. The van der Waals surface area contributed by atoms with Gasteiger partial charge in [-0.05, 0) is 40.2 Å². The summed E-state index contributed by atoms with van der Waals surface area (Å²) in [5.41, 5.74) is -0.0748. The van der Waals surface area contributed by atoms with Crippen molar-refractivity contribution in [3.63, 3.8) is 0 Å². The van der Waals surface area contributed by atoms with Gasteiger partial charge >= 0.3 is 11.6 Å². The molecule has 0 aliphatic carbocycles. The van der Waals surface area contributed by atoms with Crippen molar-refractivity contribution in [2.75, 3.05) is 6.54 Å². The first-order chi connectivity index (χ1) is 13.0. The molecule has 8 heteroatoms. The van der Waals surface area contributed by atoms with Crippen LogP contribution in [-0.2, 0) is 4.79 Å². The van der Waals surface area contributed by atoms with Gasteiger partial charge in [-0.25, -0.2) is 9.59 Å². The van der Waals surface area contributed by atoms with Crippen LogP contribution in [0.4, 0.5) is 0 Å². The molecule has 1 aliphatic rings. The largest absolute Gasteiger partial charge is 0.420 e. The van der Waals surface area contributed by atoms with E-state index in [1.807, 2.05) is 0 Å². The number of esters is 1. The van der Waals surface area contributed by atoms with Gasteiger partial charge in [-0.15, -0.1) is 0 Å². The zero-order valence-electron chi connectivity index (χ0n) is 13.6. The highest BCUT2D eigenvalue weighted by atomic mass is 79.9. The van der Waals surface area contributed by atoms with E-state index < -0.39 is 30.0 Å². The maximum Gasteiger partial charge on any atom is 0.381 e. The predicted octanol–water partition coefficient (Wildman–Crippen LogP) is 2.76. The minimum atomic E-state index is -0.937. The lowest BCUT2D eigenvalue weighted by atomic mass is 10.1. The van der Waals surface area contributed by atoms with Gasteiger partial charge in [0.2, 0.25) is 5.75 Å². The zero-order valence-corrected chi connectivity index (χ0v) is 15.2. The van der Waals surface area contributed by atoms with E-state index in [2.05, 4.69) is 15.9 Å². The molecule has 2 heterocycles. The lowest BCUT2D eigenvalue weighted by molar-refractivity contribution is -0.134. The van der Waals surface area contributed by atoms with E-state index in [0.717, 1.165) is 4.90 Å². The number of halogens is 1. The second kappa shape index (κ2) is 6.48. The molecule has 0 fully saturated rings. The molecule has 3 aromatic rings. The van der Waals surface area contributed by atoms with Crippen LogP contribution in [0.2, 0.25) is 0 Å². The summed E-state index contributed by atoms with van der Waals surface area (Å²) >= 11 is 3.24. The Balaban J connectivity index is 1.60. The number of para-hydroxylation sites is 1. The van der Waals surface area contributed by atoms with Crippen LogP contribution in [0.3, 0.4) is 0 Å². The number of hydrogen-bond donors (Lipinski definition) is 0. The third-order valence-corrected chi connectivity index (χ3v) is 4.88. The molecule has 0 atom stereocenters. The Morgan fingerprint density at radius 1 is 0.963 bits per heavy atom. The van der Waals surface area contributed by atoms with Gasteiger partial charge in [0.05, 0.1) is 15.6 Å². The molecule has 0 saturated carbocycles. The lowest BCUT2D eigenvalue weighted by Crippen LogP contribution is -2.37. The highest BCUT2D eigenvalue weighted by Crippen LogP contribution is 2.30. The van der Waals surface area contributed by atoms with Gasteiger partial charge in [0.25, 0.3) is 11.8 Å². The molecule has 2 amide bonds. The number of imide groups is 1. The maximum atomic E-state index is 12.3. The Morgan fingerprint density at radius 2 is 1.56 bits per heavy atom. The fourth-order valence-electron chi connectivity index (χ4n) is 2.84. The van der Waals surface area contributed by atoms with Gasteiger partial charge in [-0.2, -0.15) is 0 Å². The normalized spacial score (nSPS) is 13.1. The average Bonchev–Trinajstić information content (AvgIpc) is 2.90. The molecule has 0 N–H and O–H groups in total. The Kier molecular flexibility index (Phi) is 4.12. The standard InChI is InChI=1S/C19H10BrNO6/c20-15-12-7-3-4-8-13(12)26-19(25)16(15)27-14(22)9-21-17(23)10-5-1-2-6-11(10)18(21)24/h1-8H,9H2. The van der Waals surface area contributed by atoms with Crippen LogP contribution < -0.4 is 10.4 Å². The van der Waals surface area contributed by atoms with E-state index in [1.54, 1.807) is 36.4 Å². The van der Waals surface area contributed by atoms with Crippen LogP contribution in [0.1, 0.15) is 20.7 Å². The highest BCUT2D eigenvalue weighted by molar-refractivity contribution is 9.10. The summed E-state index contributed by atoms with van der Waals surface area (Å²) in [7, 11) is 0. The van der Waals surface area contributed by atoms with Crippen LogP contribution in [0.5, 0.6) is 5.75 Å². The molecule has 0 bridgehead atoms. The number of ether oxygens (including phenoxy) is 1. The van der Waals surface area contributed by atoms with Crippen LogP contribution in [0, 0.1) is 0 Å². The van der Waals surface area contributed by atoms with Crippen molar-refractivity contribution in [2.45, 2.75) is 0 Å². The van der Waals surface area contributed by atoms with E-state index in [1.165, 1.54) is 12.1 Å². The second-order valence-electron chi connectivity index (χ2n) is 5.74. The first-order valence-electron chi connectivity index (χ1n) is 7.84. The van der Waals surface area contributed by atoms with Crippen LogP contribution in [0.25, 0.3) is 11.0 Å². The molecule has 7 nitrogen and oxygen atoms in total. The summed E-state index contributed by atoms with van der Waals surface area (Å²) in [4.78, 5) is 49.8. The zero-order chi connectivity index (χ0) is 19.1. The monoisotopic (exact) mass is 427 g/mol. The average molecular weight is 428 g/mol. The number of nitrogens with zero attached hydrogens (tertiary/aromatic N) is 1. The second-order valence-corrected chi connectivity index (χ2v) is 6.54. The quantitative estimate of drug-likeness (QED) is 0.362. The number of benzene rings is 2. The van der Waals surface area contributed by atoms with Gasteiger partial charge in [0.15, 0.2) is 0 Å². The van der Waals surface area contributed by atoms with Gasteiger partial charge in [0.1, 0.15) is 12.1 Å². The Bertz CT molecular complexity index is 1150. The Labute approximate surface area is 160 Å². The van der Waals surface area contributed by atoms with Crippen molar-refractivity contribution >= 4 is 44.7 Å². The molecule has 0 saturated heterocycles. The first kappa shape index (κ1) is 17.2. The van der Waals surface area contributed by atoms with E-state index in [9.17, 15) is 19.2 Å². The van der Waals surface area contributed by atoms with Gasteiger partial charge in [0, 0.05) is 5.39 Å². The van der Waals surface area contributed by atoms with Crippen LogP contribution >= 0.6 is 15.9 Å². The molecule has 4 rings (SSSR count). The molecule has 27 heavy (non-hydrogen) atoms. The minimum Gasteiger partial charge on any atom is -0.420 e.